The third kappa shape index (κ3) is 0.433. The zero-order valence-electron chi connectivity index (χ0n) is 7.63. The summed E-state index contributed by atoms with van der Waals surface area (Å²) in [4.78, 5) is 2.84. The summed E-state index contributed by atoms with van der Waals surface area (Å²) in [6, 6.07) is 0. The Labute approximate surface area is 74.1 Å². The Hall–Kier alpha value is -0.0400. The fourth-order valence-corrected chi connectivity index (χ4v) is 5.17. The molecular formula is C11H17N. The van der Waals surface area contributed by atoms with Gasteiger partial charge in [-0.05, 0) is 56.4 Å². The van der Waals surface area contributed by atoms with Crippen LogP contribution in [-0.2, 0) is 0 Å². The molecule has 0 aromatic rings. The first kappa shape index (κ1) is 6.42. The van der Waals surface area contributed by atoms with Crippen molar-refractivity contribution >= 4 is 0 Å². The first-order valence-corrected chi connectivity index (χ1v) is 5.67. The van der Waals surface area contributed by atoms with E-state index in [-0.39, 0.29) is 0 Å². The highest BCUT2D eigenvalue weighted by Gasteiger charge is 2.68. The second-order valence-corrected chi connectivity index (χ2v) is 5.37. The number of nitrogens with zero attached hydrogens (tertiary/aromatic N) is 1. The van der Waals surface area contributed by atoms with Crippen molar-refractivity contribution < 1.29 is 0 Å². The zero-order chi connectivity index (χ0) is 7.76. The zero-order valence-corrected chi connectivity index (χ0v) is 7.63. The van der Waals surface area contributed by atoms with Crippen LogP contribution in [0.3, 0.4) is 0 Å². The van der Waals surface area contributed by atoms with Crippen molar-refractivity contribution in [2.24, 2.45) is 17.8 Å². The molecule has 0 N–H and O–H groups in total. The molecule has 66 valence electrons. The Bertz CT molecular complexity index is 207. The molecule has 4 atom stereocenters. The van der Waals surface area contributed by atoms with E-state index in [1.807, 2.05) is 0 Å². The van der Waals surface area contributed by atoms with E-state index in [2.05, 4.69) is 4.90 Å². The quantitative estimate of drug-likeness (QED) is 0.527. The van der Waals surface area contributed by atoms with Crippen molar-refractivity contribution in [3.8, 4) is 0 Å². The van der Waals surface area contributed by atoms with Crippen LogP contribution < -0.4 is 0 Å². The normalized spacial score (nSPS) is 61.5. The van der Waals surface area contributed by atoms with Gasteiger partial charge in [-0.15, -0.1) is 0 Å². The summed E-state index contributed by atoms with van der Waals surface area (Å²) in [7, 11) is 0. The molecule has 2 aliphatic carbocycles. The maximum atomic E-state index is 2.84. The van der Waals surface area contributed by atoms with Gasteiger partial charge in [0.1, 0.15) is 0 Å². The predicted molar refractivity (Wildman–Crippen MR) is 47.9 cm³/mol. The number of hydrogen-bond donors (Lipinski definition) is 0. The Kier molecular flexibility index (Phi) is 0.934. The third-order valence-corrected chi connectivity index (χ3v) is 5.43. The standard InChI is InChI=1S/C11H17N/c1-2-9-5-6-12-7-10-4-3-8(1)11(9,10)12/h8-10H,1-7H2/t8-,9-,10+,11?/m0/s1. The lowest BCUT2D eigenvalue weighted by Crippen LogP contribution is -2.64. The molecule has 1 nitrogen and oxygen atoms in total. The largest absolute Gasteiger partial charge is 0.296 e. The van der Waals surface area contributed by atoms with Crippen molar-refractivity contribution in [1.29, 1.82) is 0 Å². The minimum atomic E-state index is 0.806. The van der Waals surface area contributed by atoms with Gasteiger partial charge in [0.05, 0.1) is 0 Å². The van der Waals surface area contributed by atoms with Gasteiger partial charge in [0, 0.05) is 12.1 Å². The van der Waals surface area contributed by atoms with Gasteiger partial charge >= 0.3 is 0 Å². The van der Waals surface area contributed by atoms with E-state index in [0.29, 0.717) is 0 Å². The summed E-state index contributed by atoms with van der Waals surface area (Å²) < 4.78 is 0. The molecule has 4 rings (SSSR count). The van der Waals surface area contributed by atoms with Gasteiger partial charge in [-0.2, -0.15) is 0 Å². The van der Waals surface area contributed by atoms with E-state index < -0.39 is 0 Å². The summed E-state index contributed by atoms with van der Waals surface area (Å²) in [5.74, 6) is 3.39. The van der Waals surface area contributed by atoms with Gasteiger partial charge in [0.15, 0.2) is 0 Å². The molecular weight excluding hydrogens is 146 g/mol. The highest BCUT2D eigenvalue weighted by Crippen LogP contribution is 2.66. The topological polar surface area (TPSA) is 3.24 Å². The van der Waals surface area contributed by atoms with Crippen molar-refractivity contribution in [3.63, 3.8) is 0 Å². The van der Waals surface area contributed by atoms with Crippen LogP contribution in [0.1, 0.15) is 32.1 Å². The van der Waals surface area contributed by atoms with E-state index in [0.717, 1.165) is 23.3 Å². The van der Waals surface area contributed by atoms with Gasteiger partial charge in [-0.1, -0.05) is 0 Å². The summed E-state index contributed by atoms with van der Waals surface area (Å²) in [6.07, 6.45) is 7.80. The highest BCUT2D eigenvalue weighted by molar-refractivity contribution is 5.22. The van der Waals surface area contributed by atoms with E-state index in [9.17, 15) is 0 Å². The second kappa shape index (κ2) is 1.75. The van der Waals surface area contributed by atoms with Crippen LogP contribution in [0.5, 0.6) is 0 Å². The molecule has 2 saturated heterocycles. The summed E-state index contributed by atoms with van der Waals surface area (Å²) >= 11 is 0. The maximum absolute atomic E-state index is 2.84. The predicted octanol–water partition coefficient (Wildman–Crippen LogP) is 1.88. The molecule has 0 aromatic heterocycles. The van der Waals surface area contributed by atoms with Crippen LogP contribution >= 0.6 is 0 Å². The lowest BCUT2D eigenvalue weighted by Gasteiger charge is -2.54. The van der Waals surface area contributed by atoms with Crippen LogP contribution in [0, 0.1) is 17.8 Å². The smallest absolute Gasteiger partial charge is 0.0306 e. The molecule has 1 heteroatoms. The van der Waals surface area contributed by atoms with Gasteiger partial charge in [-0.3, -0.25) is 4.90 Å². The molecule has 4 aliphatic rings. The average molecular weight is 163 g/mol. The van der Waals surface area contributed by atoms with Crippen LogP contribution in [0.2, 0.25) is 0 Å². The highest BCUT2D eigenvalue weighted by atomic mass is 15.3. The fourth-order valence-electron chi connectivity index (χ4n) is 5.17. The van der Waals surface area contributed by atoms with Crippen LogP contribution in [0.15, 0.2) is 0 Å². The van der Waals surface area contributed by atoms with Gasteiger partial charge in [0.25, 0.3) is 0 Å². The SMILES string of the molecule is C1C[C@H]2CCN3C[C@H]4CC[C@H]1C243. The monoisotopic (exact) mass is 163 g/mol. The van der Waals surface area contributed by atoms with E-state index in [1.165, 1.54) is 19.5 Å². The maximum Gasteiger partial charge on any atom is 0.0306 e. The van der Waals surface area contributed by atoms with Crippen LogP contribution in [-0.4, -0.2) is 23.5 Å². The van der Waals surface area contributed by atoms with Crippen molar-refractivity contribution in [2.45, 2.75) is 37.6 Å². The van der Waals surface area contributed by atoms with E-state index >= 15 is 0 Å². The summed E-state index contributed by atoms with van der Waals surface area (Å²) in [5, 5.41) is 0. The molecule has 1 unspecified atom stereocenters. The molecule has 4 fully saturated rings. The lowest BCUT2D eigenvalue weighted by molar-refractivity contribution is -0.0583. The van der Waals surface area contributed by atoms with Gasteiger partial charge in [-0.25, -0.2) is 0 Å². The van der Waals surface area contributed by atoms with Crippen molar-refractivity contribution in [2.75, 3.05) is 13.1 Å². The Morgan fingerprint density at radius 3 is 2.33 bits per heavy atom. The third-order valence-electron chi connectivity index (χ3n) is 5.43. The Morgan fingerprint density at radius 1 is 0.833 bits per heavy atom. The summed E-state index contributed by atoms with van der Waals surface area (Å²) in [5.41, 5.74) is 0.806. The molecule has 0 aromatic carbocycles. The van der Waals surface area contributed by atoms with E-state index in [1.54, 1.807) is 25.7 Å². The first-order valence-electron chi connectivity index (χ1n) is 5.67. The molecule has 0 bridgehead atoms. The minimum absolute atomic E-state index is 0.806. The minimum Gasteiger partial charge on any atom is -0.296 e. The molecule has 12 heavy (non-hydrogen) atoms. The Morgan fingerprint density at radius 2 is 1.50 bits per heavy atom. The van der Waals surface area contributed by atoms with Gasteiger partial charge < -0.3 is 0 Å². The van der Waals surface area contributed by atoms with Crippen LogP contribution in [0.4, 0.5) is 0 Å². The second-order valence-electron chi connectivity index (χ2n) is 5.37. The van der Waals surface area contributed by atoms with Gasteiger partial charge in [0.2, 0.25) is 0 Å². The molecule has 2 heterocycles. The Balaban J connectivity index is 1.87. The molecule has 0 amide bonds. The summed E-state index contributed by atoms with van der Waals surface area (Å²) in [6.45, 7) is 2.91. The van der Waals surface area contributed by atoms with Crippen LogP contribution in [0.25, 0.3) is 0 Å². The molecule has 2 aliphatic heterocycles. The van der Waals surface area contributed by atoms with Crippen molar-refractivity contribution in [1.82, 2.24) is 4.90 Å². The molecule has 0 radical (unpaired) electrons. The lowest BCUT2D eigenvalue weighted by atomic mass is 9.71. The molecule has 2 saturated carbocycles. The van der Waals surface area contributed by atoms with E-state index in [4.69, 9.17) is 0 Å². The molecule has 1 spiro atoms. The number of hydrogen-bond acceptors (Lipinski definition) is 1. The first-order chi connectivity index (χ1) is 5.92. The fraction of sp³-hybridized carbons (Fsp3) is 1.00. The van der Waals surface area contributed by atoms with Crippen molar-refractivity contribution in [3.05, 3.63) is 0 Å². The number of rotatable bonds is 0. The average Bonchev–Trinajstić information content (AvgIpc) is 2.60.